The zero-order valence-electron chi connectivity index (χ0n) is 11.0. The van der Waals surface area contributed by atoms with Crippen molar-refractivity contribution in [2.75, 3.05) is 0 Å². The molecule has 21 heavy (non-hydrogen) atoms. The average Bonchev–Trinajstić information content (AvgIpc) is 2.83. The first-order valence-electron chi connectivity index (χ1n) is 6.34. The van der Waals surface area contributed by atoms with Gasteiger partial charge in [-0.2, -0.15) is 0 Å². The minimum absolute atomic E-state index is 0.121. The number of furan rings is 1. The van der Waals surface area contributed by atoms with Crippen molar-refractivity contribution in [1.82, 2.24) is 0 Å². The van der Waals surface area contributed by atoms with E-state index in [1.807, 2.05) is 30.3 Å². The van der Waals surface area contributed by atoms with E-state index in [9.17, 15) is 5.11 Å². The second kappa shape index (κ2) is 5.89. The van der Waals surface area contributed by atoms with Gasteiger partial charge in [0.05, 0.1) is 5.39 Å². The molecule has 3 rings (SSSR count). The van der Waals surface area contributed by atoms with Gasteiger partial charge in [-0.25, -0.2) is 0 Å². The third kappa shape index (κ3) is 3.01. The van der Waals surface area contributed by atoms with Crippen LogP contribution in [0.2, 0.25) is 5.02 Å². The Kier molecular flexibility index (Phi) is 3.79. The van der Waals surface area contributed by atoms with Gasteiger partial charge in [0.25, 0.3) is 5.95 Å². The molecule has 1 heterocycles. The Morgan fingerprint density at radius 2 is 1.81 bits per heavy atom. The van der Waals surface area contributed by atoms with Gasteiger partial charge >= 0.3 is 0 Å². The topological polar surface area (TPSA) is 55.0 Å². The summed E-state index contributed by atoms with van der Waals surface area (Å²) < 4.78 is 5.24. The third-order valence-corrected chi connectivity index (χ3v) is 3.27. The summed E-state index contributed by atoms with van der Waals surface area (Å²) in [6, 6.07) is 14.6. The Bertz CT molecular complexity index is 778. The number of oxime groups is 1. The van der Waals surface area contributed by atoms with Crippen LogP contribution in [0.5, 0.6) is 5.95 Å². The highest BCUT2D eigenvalue weighted by Gasteiger charge is 2.09. The SMILES string of the molecule is Oc1oc(/C=N/OCc2ccc(Cl)cc2)c2ccccc12. The number of fused-ring (bicyclic) bond motifs is 1. The van der Waals surface area contributed by atoms with Gasteiger partial charge in [0.15, 0.2) is 5.76 Å². The Morgan fingerprint density at radius 3 is 2.57 bits per heavy atom. The molecular formula is C16H12ClNO3. The molecule has 2 aromatic carbocycles. The fourth-order valence-electron chi connectivity index (χ4n) is 1.97. The molecule has 4 nitrogen and oxygen atoms in total. The van der Waals surface area contributed by atoms with Crippen LogP contribution in [-0.4, -0.2) is 11.3 Å². The zero-order valence-corrected chi connectivity index (χ0v) is 11.7. The van der Waals surface area contributed by atoms with Gasteiger partial charge in [-0.1, -0.05) is 47.1 Å². The Hall–Kier alpha value is -2.46. The number of hydrogen-bond acceptors (Lipinski definition) is 4. The molecule has 1 N–H and O–H groups in total. The summed E-state index contributed by atoms with van der Waals surface area (Å²) in [7, 11) is 0. The van der Waals surface area contributed by atoms with Crippen LogP contribution in [0, 0.1) is 0 Å². The molecular weight excluding hydrogens is 290 g/mol. The third-order valence-electron chi connectivity index (χ3n) is 3.02. The fourth-order valence-corrected chi connectivity index (χ4v) is 2.10. The molecule has 0 spiro atoms. The summed E-state index contributed by atoms with van der Waals surface area (Å²) in [4.78, 5) is 5.21. The number of nitrogens with zero attached hydrogens (tertiary/aromatic N) is 1. The molecule has 0 aliphatic carbocycles. The van der Waals surface area contributed by atoms with Crippen molar-refractivity contribution in [3.63, 3.8) is 0 Å². The summed E-state index contributed by atoms with van der Waals surface area (Å²) in [5.74, 6) is 0.337. The number of halogens is 1. The highest BCUT2D eigenvalue weighted by atomic mass is 35.5. The Morgan fingerprint density at radius 1 is 1.10 bits per heavy atom. The van der Waals surface area contributed by atoms with Gasteiger partial charge in [-0.05, 0) is 23.8 Å². The standard InChI is InChI=1S/C16H12ClNO3/c17-12-7-5-11(6-8-12)10-20-18-9-15-13-3-1-2-4-14(13)16(19)21-15/h1-9,19H,10H2/b18-9+. The van der Waals surface area contributed by atoms with Crippen molar-refractivity contribution in [2.24, 2.45) is 5.16 Å². The molecule has 0 amide bonds. The van der Waals surface area contributed by atoms with Gasteiger partial charge in [-0.3, -0.25) is 0 Å². The maximum atomic E-state index is 9.67. The first kappa shape index (κ1) is 13.5. The number of aromatic hydroxyl groups is 1. The summed E-state index contributed by atoms with van der Waals surface area (Å²) in [6.45, 7) is 0.332. The van der Waals surface area contributed by atoms with Crippen molar-refractivity contribution < 1.29 is 14.4 Å². The van der Waals surface area contributed by atoms with Gasteiger partial charge in [0.2, 0.25) is 0 Å². The summed E-state index contributed by atoms with van der Waals surface area (Å²) >= 11 is 5.80. The van der Waals surface area contributed by atoms with Crippen LogP contribution >= 0.6 is 11.6 Å². The van der Waals surface area contributed by atoms with Crippen LogP contribution in [-0.2, 0) is 11.4 Å². The van der Waals surface area contributed by atoms with Crippen LogP contribution in [0.4, 0.5) is 0 Å². The molecule has 5 heteroatoms. The Balaban J connectivity index is 1.69. The Labute approximate surface area is 126 Å². The average molecular weight is 302 g/mol. The van der Waals surface area contributed by atoms with E-state index in [1.54, 1.807) is 18.2 Å². The lowest BCUT2D eigenvalue weighted by Crippen LogP contribution is -1.87. The minimum Gasteiger partial charge on any atom is -0.480 e. The highest BCUT2D eigenvalue weighted by Crippen LogP contribution is 2.29. The molecule has 0 bridgehead atoms. The first-order valence-corrected chi connectivity index (χ1v) is 6.72. The number of hydrogen-bond donors (Lipinski definition) is 1. The highest BCUT2D eigenvalue weighted by molar-refractivity contribution is 6.30. The lowest BCUT2D eigenvalue weighted by Gasteiger charge is -1.99. The van der Waals surface area contributed by atoms with E-state index in [2.05, 4.69) is 5.16 Å². The molecule has 0 saturated carbocycles. The normalized spacial score (nSPS) is 11.3. The van der Waals surface area contributed by atoms with Crippen molar-refractivity contribution >= 4 is 28.6 Å². The zero-order chi connectivity index (χ0) is 14.7. The van der Waals surface area contributed by atoms with Crippen molar-refractivity contribution in [2.45, 2.75) is 6.61 Å². The number of rotatable bonds is 4. The first-order chi connectivity index (χ1) is 10.2. The predicted octanol–water partition coefficient (Wildman–Crippen LogP) is 4.34. The minimum atomic E-state index is -0.121. The second-order valence-corrected chi connectivity index (χ2v) is 4.89. The molecule has 3 aromatic rings. The van der Waals surface area contributed by atoms with Crippen LogP contribution in [0.3, 0.4) is 0 Å². The lowest BCUT2D eigenvalue weighted by atomic mass is 10.2. The van der Waals surface area contributed by atoms with Crippen LogP contribution in [0.15, 0.2) is 58.1 Å². The van der Waals surface area contributed by atoms with Gasteiger partial charge in [0.1, 0.15) is 12.8 Å². The summed E-state index contributed by atoms with van der Waals surface area (Å²) in [6.07, 6.45) is 1.44. The molecule has 0 saturated heterocycles. The molecule has 0 radical (unpaired) electrons. The van der Waals surface area contributed by atoms with E-state index >= 15 is 0 Å². The van der Waals surface area contributed by atoms with Gasteiger partial charge in [0, 0.05) is 10.4 Å². The monoisotopic (exact) mass is 301 g/mol. The molecule has 106 valence electrons. The smallest absolute Gasteiger partial charge is 0.290 e. The molecule has 0 atom stereocenters. The fraction of sp³-hybridized carbons (Fsp3) is 0.0625. The maximum Gasteiger partial charge on any atom is 0.290 e. The van der Waals surface area contributed by atoms with E-state index in [1.165, 1.54) is 6.21 Å². The quantitative estimate of drug-likeness (QED) is 0.576. The van der Waals surface area contributed by atoms with Crippen LogP contribution in [0.25, 0.3) is 10.8 Å². The molecule has 0 aliphatic rings. The van der Waals surface area contributed by atoms with Gasteiger partial charge < -0.3 is 14.4 Å². The largest absolute Gasteiger partial charge is 0.480 e. The van der Waals surface area contributed by atoms with Crippen LogP contribution in [0.1, 0.15) is 11.3 Å². The van der Waals surface area contributed by atoms with E-state index in [0.717, 1.165) is 10.9 Å². The van der Waals surface area contributed by atoms with E-state index in [0.29, 0.717) is 22.8 Å². The predicted molar refractivity (Wildman–Crippen MR) is 81.7 cm³/mol. The summed E-state index contributed by atoms with van der Waals surface area (Å²) in [5.41, 5.74) is 0.962. The van der Waals surface area contributed by atoms with Crippen molar-refractivity contribution in [3.05, 3.63) is 64.9 Å². The van der Waals surface area contributed by atoms with E-state index in [-0.39, 0.29) is 5.95 Å². The van der Waals surface area contributed by atoms with Crippen LogP contribution < -0.4 is 0 Å². The lowest BCUT2D eigenvalue weighted by molar-refractivity contribution is 0.132. The van der Waals surface area contributed by atoms with Crippen molar-refractivity contribution in [1.29, 1.82) is 0 Å². The maximum absolute atomic E-state index is 9.67. The van der Waals surface area contributed by atoms with Crippen molar-refractivity contribution in [3.8, 4) is 5.95 Å². The van der Waals surface area contributed by atoms with E-state index < -0.39 is 0 Å². The molecule has 0 unspecified atom stereocenters. The summed E-state index contributed by atoms with van der Waals surface area (Å²) in [5, 5.41) is 15.6. The molecule has 0 aliphatic heterocycles. The number of benzene rings is 2. The molecule has 0 fully saturated rings. The molecule has 1 aromatic heterocycles. The second-order valence-electron chi connectivity index (χ2n) is 4.45. The van der Waals surface area contributed by atoms with E-state index in [4.69, 9.17) is 20.9 Å². The van der Waals surface area contributed by atoms with Gasteiger partial charge in [-0.15, -0.1) is 0 Å².